The Morgan fingerprint density at radius 2 is 1.57 bits per heavy atom. The molecule has 2 aromatic carbocycles. The molecule has 0 bridgehead atoms. The summed E-state index contributed by atoms with van der Waals surface area (Å²) in [5, 5.41) is 5.55. The highest BCUT2D eigenvalue weighted by Gasteiger charge is 2.59. The van der Waals surface area contributed by atoms with Gasteiger partial charge in [0.05, 0.1) is 0 Å². The second-order valence-corrected chi connectivity index (χ2v) is 7.65. The van der Waals surface area contributed by atoms with E-state index >= 15 is 0 Å². The van der Waals surface area contributed by atoms with Gasteiger partial charge in [-0.25, -0.2) is 0 Å². The number of para-hydroxylation sites is 1. The zero-order valence-corrected chi connectivity index (χ0v) is 16.0. The summed E-state index contributed by atoms with van der Waals surface area (Å²) < 4.78 is 0. The number of nitrogens with one attached hydrogen (secondary N) is 2. The molecular formula is C22H23N3O3. The van der Waals surface area contributed by atoms with E-state index in [1.807, 2.05) is 31.2 Å². The van der Waals surface area contributed by atoms with Crippen LogP contribution in [0.4, 0.5) is 17.1 Å². The largest absolute Gasteiger partial charge is 0.326 e. The number of carbonyl (C=O) groups excluding carboxylic acids is 3. The molecule has 2 N–H and O–H groups in total. The van der Waals surface area contributed by atoms with Crippen LogP contribution >= 0.6 is 0 Å². The Morgan fingerprint density at radius 3 is 2.18 bits per heavy atom. The first-order chi connectivity index (χ1) is 13.4. The quantitative estimate of drug-likeness (QED) is 0.802. The Bertz CT molecular complexity index is 948. The summed E-state index contributed by atoms with van der Waals surface area (Å²) in [5.74, 6) is -0.530. The summed E-state index contributed by atoms with van der Waals surface area (Å²) in [4.78, 5) is 39.2. The lowest BCUT2D eigenvalue weighted by Gasteiger charge is -2.27. The van der Waals surface area contributed by atoms with Crippen LogP contribution in [-0.4, -0.2) is 23.8 Å². The van der Waals surface area contributed by atoms with Crippen LogP contribution in [0.1, 0.15) is 32.3 Å². The van der Waals surface area contributed by atoms with Crippen LogP contribution in [0.15, 0.2) is 48.5 Å². The van der Waals surface area contributed by atoms with Gasteiger partial charge >= 0.3 is 0 Å². The molecule has 1 atom stereocenters. The van der Waals surface area contributed by atoms with Crippen LogP contribution in [0.2, 0.25) is 0 Å². The van der Waals surface area contributed by atoms with Gasteiger partial charge < -0.3 is 15.5 Å². The van der Waals surface area contributed by atoms with Gasteiger partial charge in [-0.2, -0.15) is 0 Å². The molecule has 1 fully saturated rings. The van der Waals surface area contributed by atoms with Crippen LogP contribution in [0.25, 0.3) is 0 Å². The van der Waals surface area contributed by atoms with Crippen molar-refractivity contribution in [3.63, 3.8) is 0 Å². The molecule has 0 aromatic heterocycles. The van der Waals surface area contributed by atoms with Gasteiger partial charge in [-0.1, -0.05) is 18.2 Å². The Kier molecular flexibility index (Phi) is 4.41. The third-order valence-electron chi connectivity index (χ3n) is 5.48. The maximum absolute atomic E-state index is 13.3. The minimum absolute atomic E-state index is 0.0483. The molecule has 1 aliphatic carbocycles. The molecule has 0 spiro atoms. The maximum Gasteiger partial charge on any atom is 0.242 e. The van der Waals surface area contributed by atoms with E-state index in [0.717, 1.165) is 17.7 Å². The van der Waals surface area contributed by atoms with Crippen molar-refractivity contribution >= 4 is 34.8 Å². The van der Waals surface area contributed by atoms with Gasteiger partial charge in [0, 0.05) is 30.0 Å². The number of amides is 3. The van der Waals surface area contributed by atoms with Gasteiger partial charge in [0.15, 0.2) is 0 Å². The number of nitrogens with zero attached hydrogens (tertiary/aromatic N) is 1. The molecule has 0 saturated heterocycles. The van der Waals surface area contributed by atoms with Crippen molar-refractivity contribution in [2.75, 3.05) is 15.5 Å². The molecule has 1 aliphatic heterocycles. The van der Waals surface area contributed by atoms with E-state index in [2.05, 4.69) is 10.6 Å². The van der Waals surface area contributed by atoms with Gasteiger partial charge in [0.25, 0.3) is 0 Å². The van der Waals surface area contributed by atoms with E-state index in [-0.39, 0.29) is 23.8 Å². The normalized spacial score (nSPS) is 18.9. The van der Waals surface area contributed by atoms with Crippen LogP contribution in [0.5, 0.6) is 0 Å². The fraction of sp³-hybridized carbons (Fsp3) is 0.318. The van der Waals surface area contributed by atoms with Crippen molar-refractivity contribution in [2.24, 2.45) is 5.41 Å². The average Bonchev–Trinajstić information content (AvgIpc) is 3.40. The van der Waals surface area contributed by atoms with E-state index in [9.17, 15) is 14.4 Å². The lowest BCUT2D eigenvalue weighted by Crippen LogP contribution is -2.45. The highest BCUT2D eigenvalue weighted by Crippen LogP contribution is 2.50. The zero-order chi connectivity index (χ0) is 19.9. The monoisotopic (exact) mass is 377 g/mol. The number of hydrogen-bond acceptors (Lipinski definition) is 3. The van der Waals surface area contributed by atoms with Gasteiger partial charge in [0.1, 0.15) is 5.41 Å². The van der Waals surface area contributed by atoms with Crippen LogP contribution in [-0.2, 0) is 20.8 Å². The molecule has 2 aromatic rings. The maximum atomic E-state index is 13.3. The summed E-state index contributed by atoms with van der Waals surface area (Å²) in [6, 6.07) is 14.8. The second kappa shape index (κ2) is 6.78. The first-order valence-corrected chi connectivity index (χ1v) is 9.51. The molecule has 28 heavy (non-hydrogen) atoms. The molecule has 6 nitrogen and oxygen atoms in total. The van der Waals surface area contributed by atoms with E-state index in [4.69, 9.17) is 0 Å². The molecule has 0 radical (unpaired) electrons. The molecule has 144 valence electrons. The highest BCUT2D eigenvalue weighted by molar-refractivity contribution is 6.18. The van der Waals surface area contributed by atoms with Gasteiger partial charge in [-0.05, 0) is 62.1 Å². The van der Waals surface area contributed by atoms with Gasteiger partial charge in [-0.15, -0.1) is 0 Å². The third-order valence-corrected chi connectivity index (χ3v) is 5.48. The smallest absolute Gasteiger partial charge is 0.242 e. The van der Waals surface area contributed by atoms with Crippen molar-refractivity contribution in [1.82, 2.24) is 0 Å². The highest BCUT2D eigenvalue weighted by atomic mass is 16.2. The summed E-state index contributed by atoms with van der Waals surface area (Å²) in [6.07, 6.45) is 1.93. The van der Waals surface area contributed by atoms with E-state index < -0.39 is 5.41 Å². The minimum atomic E-state index is -0.984. The average molecular weight is 377 g/mol. The summed E-state index contributed by atoms with van der Waals surface area (Å²) >= 11 is 0. The van der Waals surface area contributed by atoms with Crippen molar-refractivity contribution in [1.29, 1.82) is 0 Å². The van der Waals surface area contributed by atoms with E-state index in [0.29, 0.717) is 24.2 Å². The molecule has 1 heterocycles. The molecule has 1 unspecified atom stereocenters. The molecule has 2 aliphatic rings. The number of carbonyl (C=O) groups is 3. The Balaban J connectivity index is 1.50. The number of hydrogen-bond donors (Lipinski definition) is 2. The minimum Gasteiger partial charge on any atom is -0.326 e. The topological polar surface area (TPSA) is 78.5 Å². The third kappa shape index (κ3) is 3.15. The van der Waals surface area contributed by atoms with Gasteiger partial charge in [-0.3, -0.25) is 14.4 Å². The Hall–Kier alpha value is -3.15. The fourth-order valence-corrected chi connectivity index (χ4v) is 3.86. The lowest BCUT2D eigenvalue weighted by atomic mass is 10.0. The van der Waals surface area contributed by atoms with Gasteiger partial charge in [0.2, 0.25) is 17.7 Å². The number of anilines is 3. The first kappa shape index (κ1) is 18.2. The predicted octanol–water partition coefficient (Wildman–Crippen LogP) is 3.34. The second-order valence-electron chi connectivity index (χ2n) is 7.65. The van der Waals surface area contributed by atoms with Crippen molar-refractivity contribution in [3.8, 4) is 0 Å². The molecule has 6 heteroatoms. The van der Waals surface area contributed by atoms with Crippen molar-refractivity contribution in [3.05, 3.63) is 54.1 Å². The Labute approximate surface area is 163 Å². The number of fused-ring (bicyclic) bond motifs is 1. The van der Waals surface area contributed by atoms with Crippen LogP contribution in [0, 0.1) is 5.41 Å². The van der Waals surface area contributed by atoms with Crippen molar-refractivity contribution < 1.29 is 14.4 Å². The Morgan fingerprint density at radius 1 is 0.964 bits per heavy atom. The predicted molar refractivity (Wildman–Crippen MR) is 108 cm³/mol. The molecule has 4 rings (SSSR count). The lowest BCUT2D eigenvalue weighted by molar-refractivity contribution is -0.132. The molecule has 3 amide bonds. The van der Waals surface area contributed by atoms with E-state index in [1.165, 1.54) is 6.92 Å². The number of rotatable bonds is 4. The first-order valence-electron chi connectivity index (χ1n) is 9.51. The standard InChI is InChI=1S/C22H23N3O3/c1-14-13-16-5-3-4-6-19(16)25(14)21(28)22(11-12-22)20(27)24-18-9-7-17(8-10-18)23-15(2)26/h3-10,14H,11-13H2,1-2H3,(H,23,26)(H,24,27). The van der Waals surface area contributed by atoms with Crippen LogP contribution in [0.3, 0.4) is 0 Å². The molecular weight excluding hydrogens is 354 g/mol. The summed E-state index contributed by atoms with van der Waals surface area (Å²) in [5.41, 5.74) is 2.34. The van der Waals surface area contributed by atoms with Crippen molar-refractivity contribution in [2.45, 2.75) is 39.2 Å². The fourth-order valence-electron chi connectivity index (χ4n) is 3.86. The van der Waals surface area contributed by atoms with Crippen LogP contribution < -0.4 is 15.5 Å². The summed E-state index contributed by atoms with van der Waals surface area (Å²) in [7, 11) is 0. The molecule has 1 saturated carbocycles. The van der Waals surface area contributed by atoms with E-state index in [1.54, 1.807) is 29.2 Å². The summed E-state index contributed by atoms with van der Waals surface area (Å²) in [6.45, 7) is 3.46. The zero-order valence-electron chi connectivity index (χ0n) is 16.0. The number of benzene rings is 2. The SMILES string of the molecule is CC(=O)Nc1ccc(NC(=O)C2(C(=O)N3c4ccccc4CC3C)CC2)cc1.